The minimum atomic E-state index is -1.28. The number of amides is 2. The number of carboxylic acids is 2. The van der Waals surface area contributed by atoms with Gasteiger partial charge in [-0.15, -0.1) is 0 Å². The van der Waals surface area contributed by atoms with Crippen LogP contribution in [0.3, 0.4) is 0 Å². The van der Waals surface area contributed by atoms with Crippen LogP contribution in [-0.4, -0.2) is 34.4 Å². The minimum Gasteiger partial charge on any atom is -0.478 e. The highest BCUT2D eigenvalue weighted by molar-refractivity contribution is 5.99. The molecule has 0 saturated carbocycles. The van der Waals surface area contributed by atoms with Crippen LogP contribution in [0.25, 0.3) is 0 Å². The molecule has 0 aliphatic rings. The van der Waals surface area contributed by atoms with Crippen molar-refractivity contribution in [3.63, 3.8) is 0 Å². The molecule has 0 atom stereocenters. The van der Waals surface area contributed by atoms with E-state index in [2.05, 4.69) is 10.3 Å². The van der Waals surface area contributed by atoms with Gasteiger partial charge in [-0.05, 0) is 25.1 Å². The maximum atomic E-state index is 11.2. The number of rotatable bonds is 3. The summed E-state index contributed by atoms with van der Waals surface area (Å²) in [5.74, 6) is -2.57. The van der Waals surface area contributed by atoms with Crippen molar-refractivity contribution in [2.75, 3.05) is 5.32 Å². The largest absolute Gasteiger partial charge is 0.478 e. The number of aliphatic imine (C=N–C) groups is 1. The van der Waals surface area contributed by atoms with Crippen molar-refractivity contribution in [1.29, 1.82) is 0 Å². The number of carboxylic acid groups (broad SMARTS) is 2. The summed E-state index contributed by atoms with van der Waals surface area (Å²) in [6, 6.07) is 2.59. The zero-order chi connectivity index (χ0) is 13.7. The summed E-state index contributed by atoms with van der Waals surface area (Å²) in [6.45, 7) is 1.54. The average molecular weight is 250 g/mol. The third-order valence-electron chi connectivity index (χ3n) is 1.92. The van der Waals surface area contributed by atoms with Gasteiger partial charge in [-0.2, -0.15) is 0 Å². The Hall–Kier alpha value is -2.70. The van der Waals surface area contributed by atoms with Crippen molar-refractivity contribution in [2.24, 2.45) is 4.99 Å². The number of nitrogens with zero attached hydrogens (tertiary/aromatic N) is 1. The van der Waals surface area contributed by atoms with Crippen LogP contribution >= 0.6 is 0 Å². The normalized spacial score (nSPS) is 10.3. The van der Waals surface area contributed by atoms with Crippen molar-refractivity contribution in [3.05, 3.63) is 29.3 Å². The Balaban J connectivity index is 3.15. The van der Waals surface area contributed by atoms with Crippen LogP contribution in [0.4, 0.5) is 10.5 Å². The highest BCUT2D eigenvalue weighted by Crippen LogP contribution is 2.15. The van der Waals surface area contributed by atoms with E-state index >= 15 is 0 Å². The second kappa shape index (κ2) is 5.58. The van der Waals surface area contributed by atoms with E-state index in [1.807, 2.05) is 0 Å². The molecule has 0 spiro atoms. The number of hydrogen-bond donors (Lipinski definition) is 3. The summed E-state index contributed by atoms with van der Waals surface area (Å²) < 4.78 is 0. The molecule has 0 fully saturated rings. The Morgan fingerprint density at radius 2 is 1.61 bits per heavy atom. The smallest absolute Gasteiger partial charge is 0.345 e. The summed E-state index contributed by atoms with van der Waals surface area (Å²) in [6.07, 6.45) is 1.26. The van der Waals surface area contributed by atoms with Crippen molar-refractivity contribution in [1.82, 2.24) is 0 Å². The van der Waals surface area contributed by atoms with Gasteiger partial charge in [0.2, 0.25) is 0 Å². The molecule has 1 rings (SSSR count). The zero-order valence-corrected chi connectivity index (χ0v) is 9.38. The fourth-order valence-electron chi connectivity index (χ4n) is 1.22. The first-order chi connectivity index (χ1) is 8.43. The van der Waals surface area contributed by atoms with Gasteiger partial charge in [-0.3, -0.25) is 0 Å². The summed E-state index contributed by atoms with van der Waals surface area (Å²) in [7, 11) is 0. The lowest BCUT2D eigenvalue weighted by Gasteiger charge is -2.05. The molecular formula is C11H10N2O5. The number of benzene rings is 1. The number of carbonyl (C=O) groups is 3. The topological polar surface area (TPSA) is 116 Å². The van der Waals surface area contributed by atoms with E-state index in [1.165, 1.54) is 13.1 Å². The first kappa shape index (κ1) is 13.4. The summed E-state index contributed by atoms with van der Waals surface area (Å²) >= 11 is 0. The molecule has 0 aromatic heterocycles. The van der Waals surface area contributed by atoms with Gasteiger partial charge in [0.15, 0.2) is 0 Å². The van der Waals surface area contributed by atoms with Gasteiger partial charge in [0, 0.05) is 11.9 Å². The van der Waals surface area contributed by atoms with Crippen molar-refractivity contribution in [3.8, 4) is 0 Å². The fraction of sp³-hybridized carbons (Fsp3) is 0.0909. The van der Waals surface area contributed by atoms with Crippen LogP contribution in [0, 0.1) is 0 Å². The van der Waals surface area contributed by atoms with Crippen LogP contribution in [0.15, 0.2) is 23.2 Å². The Morgan fingerprint density at radius 3 is 2.00 bits per heavy atom. The quantitative estimate of drug-likeness (QED) is 0.706. The number of hydrogen-bond acceptors (Lipinski definition) is 3. The molecule has 0 unspecified atom stereocenters. The second-order valence-electron chi connectivity index (χ2n) is 3.23. The SMILES string of the molecule is C/C=N/C(=O)Nc1cc(C(=O)O)cc(C(=O)O)c1. The summed E-state index contributed by atoms with van der Waals surface area (Å²) in [4.78, 5) is 36.2. The maximum absolute atomic E-state index is 11.2. The molecule has 1 aromatic rings. The molecule has 18 heavy (non-hydrogen) atoms. The Kier molecular flexibility index (Phi) is 4.14. The van der Waals surface area contributed by atoms with Crippen molar-refractivity contribution < 1.29 is 24.6 Å². The predicted molar refractivity (Wildman–Crippen MR) is 63.5 cm³/mol. The van der Waals surface area contributed by atoms with E-state index in [1.54, 1.807) is 0 Å². The molecule has 0 heterocycles. The molecular weight excluding hydrogens is 240 g/mol. The van der Waals surface area contributed by atoms with Gasteiger partial charge in [0.25, 0.3) is 0 Å². The van der Waals surface area contributed by atoms with Gasteiger partial charge in [0.1, 0.15) is 0 Å². The monoisotopic (exact) mass is 250 g/mol. The van der Waals surface area contributed by atoms with E-state index in [9.17, 15) is 14.4 Å². The number of nitrogens with one attached hydrogen (secondary N) is 1. The van der Waals surface area contributed by atoms with E-state index < -0.39 is 18.0 Å². The average Bonchev–Trinajstić information content (AvgIpc) is 2.28. The summed E-state index contributed by atoms with van der Waals surface area (Å²) in [5, 5.41) is 19.9. The lowest BCUT2D eigenvalue weighted by molar-refractivity contribution is 0.0696. The zero-order valence-electron chi connectivity index (χ0n) is 9.38. The van der Waals surface area contributed by atoms with E-state index in [4.69, 9.17) is 10.2 Å². The number of anilines is 1. The van der Waals surface area contributed by atoms with Crippen LogP contribution < -0.4 is 5.32 Å². The molecule has 94 valence electrons. The third-order valence-corrected chi connectivity index (χ3v) is 1.92. The van der Waals surface area contributed by atoms with Crippen LogP contribution in [-0.2, 0) is 0 Å². The number of aromatic carboxylic acids is 2. The minimum absolute atomic E-state index is 0.0582. The second-order valence-corrected chi connectivity index (χ2v) is 3.23. The molecule has 0 aliphatic heterocycles. The number of urea groups is 1. The van der Waals surface area contributed by atoms with E-state index in [-0.39, 0.29) is 16.8 Å². The first-order valence-corrected chi connectivity index (χ1v) is 4.85. The third kappa shape index (κ3) is 3.41. The van der Waals surface area contributed by atoms with Crippen LogP contribution in [0.2, 0.25) is 0 Å². The first-order valence-electron chi connectivity index (χ1n) is 4.85. The van der Waals surface area contributed by atoms with Gasteiger partial charge in [-0.25, -0.2) is 19.4 Å². The van der Waals surface area contributed by atoms with Gasteiger partial charge in [0.05, 0.1) is 11.1 Å². The molecule has 0 saturated heterocycles. The maximum Gasteiger partial charge on any atom is 0.345 e. The van der Waals surface area contributed by atoms with Crippen LogP contribution in [0.1, 0.15) is 27.6 Å². The van der Waals surface area contributed by atoms with E-state index in [0.717, 1.165) is 18.2 Å². The lowest BCUT2D eigenvalue weighted by Crippen LogP contribution is -2.09. The standard InChI is InChI=1S/C11H10N2O5/c1-2-12-11(18)13-8-4-6(9(14)15)3-7(5-8)10(16)17/h2-5H,1H3,(H,13,18)(H,14,15)(H,16,17)/b12-2+. The molecule has 2 amide bonds. The van der Waals surface area contributed by atoms with Crippen LogP contribution in [0.5, 0.6) is 0 Å². The molecule has 7 heteroatoms. The van der Waals surface area contributed by atoms with Crippen molar-refractivity contribution >= 4 is 29.9 Å². The van der Waals surface area contributed by atoms with E-state index in [0.29, 0.717) is 0 Å². The highest BCUT2D eigenvalue weighted by atomic mass is 16.4. The van der Waals surface area contributed by atoms with Gasteiger partial charge in [-0.1, -0.05) is 0 Å². The fourth-order valence-corrected chi connectivity index (χ4v) is 1.22. The molecule has 7 nitrogen and oxygen atoms in total. The molecule has 1 aromatic carbocycles. The Bertz CT molecular complexity index is 504. The molecule has 3 N–H and O–H groups in total. The lowest BCUT2D eigenvalue weighted by atomic mass is 10.1. The van der Waals surface area contributed by atoms with Crippen molar-refractivity contribution in [2.45, 2.75) is 6.92 Å². The highest BCUT2D eigenvalue weighted by Gasteiger charge is 2.12. The summed E-state index contributed by atoms with van der Waals surface area (Å²) in [5.41, 5.74) is -0.403. The molecule has 0 aliphatic carbocycles. The molecule has 0 radical (unpaired) electrons. The predicted octanol–water partition coefficient (Wildman–Crippen LogP) is 1.71. The Morgan fingerprint density at radius 1 is 1.11 bits per heavy atom. The number of carbonyl (C=O) groups excluding carboxylic acids is 1. The Labute approximate surface area is 102 Å². The van der Waals surface area contributed by atoms with Gasteiger partial charge >= 0.3 is 18.0 Å². The van der Waals surface area contributed by atoms with Gasteiger partial charge < -0.3 is 15.5 Å². The molecule has 0 bridgehead atoms.